The maximum absolute atomic E-state index is 13.7. The van der Waals surface area contributed by atoms with Crippen LogP contribution in [0, 0.1) is 22.6 Å². The molecule has 96 valence electrons. The Hall–Kier alpha value is -1.60. The molecule has 1 aromatic carbocycles. The number of benzene rings is 1. The van der Waals surface area contributed by atoms with Crippen molar-refractivity contribution < 1.29 is 9.13 Å². The molecule has 2 atom stereocenters. The van der Waals surface area contributed by atoms with Crippen molar-refractivity contribution in [2.45, 2.75) is 32.4 Å². The zero-order chi connectivity index (χ0) is 13.3. The predicted molar refractivity (Wildman–Crippen MR) is 67.7 cm³/mol. The van der Waals surface area contributed by atoms with Crippen LogP contribution >= 0.6 is 0 Å². The Balaban J connectivity index is 2.10. The summed E-state index contributed by atoms with van der Waals surface area (Å²) in [5, 5.41) is 11.9. The van der Waals surface area contributed by atoms with Crippen LogP contribution in [0.1, 0.15) is 25.8 Å². The van der Waals surface area contributed by atoms with Crippen LogP contribution in [0.15, 0.2) is 18.2 Å². The average molecular weight is 248 g/mol. The molecule has 0 radical (unpaired) electrons. The van der Waals surface area contributed by atoms with Gasteiger partial charge >= 0.3 is 0 Å². The van der Waals surface area contributed by atoms with Crippen LogP contribution in [0.4, 0.5) is 10.1 Å². The standard InChI is InChI=1S/C14H17FN2O/c1-14(2)12(7-13(14)18-3)17-11-5-4-9(8-16)6-10(11)15/h4-6,12-13,17H,7H2,1-3H3. The first kappa shape index (κ1) is 12.8. The van der Waals surface area contributed by atoms with Gasteiger partial charge in [-0.15, -0.1) is 0 Å². The molecule has 2 unspecified atom stereocenters. The normalized spacial score (nSPS) is 25.1. The Morgan fingerprint density at radius 1 is 1.50 bits per heavy atom. The fourth-order valence-electron chi connectivity index (χ4n) is 2.42. The highest BCUT2D eigenvalue weighted by molar-refractivity contribution is 5.50. The summed E-state index contributed by atoms with van der Waals surface area (Å²) in [7, 11) is 1.70. The lowest BCUT2D eigenvalue weighted by atomic mass is 9.64. The van der Waals surface area contributed by atoms with Gasteiger partial charge in [0.15, 0.2) is 0 Å². The lowest BCUT2D eigenvalue weighted by Crippen LogP contribution is -2.57. The number of rotatable bonds is 3. The second kappa shape index (κ2) is 4.58. The van der Waals surface area contributed by atoms with Crippen LogP contribution in [0.3, 0.4) is 0 Å². The second-order valence-corrected chi connectivity index (χ2v) is 5.28. The smallest absolute Gasteiger partial charge is 0.147 e. The minimum atomic E-state index is -0.384. The lowest BCUT2D eigenvalue weighted by molar-refractivity contribution is -0.0795. The van der Waals surface area contributed by atoms with Gasteiger partial charge in [0.25, 0.3) is 0 Å². The molecule has 0 heterocycles. The van der Waals surface area contributed by atoms with Crippen molar-refractivity contribution in [3.63, 3.8) is 0 Å². The maximum Gasteiger partial charge on any atom is 0.147 e. The van der Waals surface area contributed by atoms with Gasteiger partial charge in [-0.1, -0.05) is 13.8 Å². The first-order valence-corrected chi connectivity index (χ1v) is 5.98. The highest BCUT2D eigenvalue weighted by atomic mass is 19.1. The van der Waals surface area contributed by atoms with E-state index in [1.54, 1.807) is 19.2 Å². The number of hydrogen-bond acceptors (Lipinski definition) is 3. The van der Waals surface area contributed by atoms with E-state index in [1.165, 1.54) is 6.07 Å². The van der Waals surface area contributed by atoms with Crippen LogP contribution in [0.5, 0.6) is 0 Å². The molecule has 1 fully saturated rings. The highest BCUT2D eigenvalue weighted by Gasteiger charge is 2.48. The highest BCUT2D eigenvalue weighted by Crippen LogP contribution is 2.44. The van der Waals surface area contributed by atoms with Crippen molar-refractivity contribution >= 4 is 5.69 Å². The third kappa shape index (κ3) is 2.06. The first-order valence-electron chi connectivity index (χ1n) is 5.98. The summed E-state index contributed by atoms with van der Waals surface area (Å²) in [5.74, 6) is -0.384. The number of methoxy groups -OCH3 is 1. The van der Waals surface area contributed by atoms with E-state index in [0.29, 0.717) is 11.3 Å². The zero-order valence-electron chi connectivity index (χ0n) is 10.8. The molecule has 0 aliphatic heterocycles. The van der Waals surface area contributed by atoms with Crippen molar-refractivity contribution in [2.24, 2.45) is 5.41 Å². The molecule has 3 nitrogen and oxygen atoms in total. The Morgan fingerprint density at radius 2 is 2.22 bits per heavy atom. The Kier molecular flexibility index (Phi) is 3.27. The summed E-state index contributed by atoms with van der Waals surface area (Å²) in [6.07, 6.45) is 1.07. The Morgan fingerprint density at radius 3 is 2.72 bits per heavy atom. The largest absolute Gasteiger partial charge is 0.381 e. The van der Waals surface area contributed by atoms with E-state index in [1.807, 2.05) is 6.07 Å². The summed E-state index contributed by atoms with van der Waals surface area (Å²) >= 11 is 0. The van der Waals surface area contributed by atoms with Gasteiger partial charge in [0, 0.05) is 18.6 Å². The fourth-order valence-corrected chi connectivity index (χ4v) is 2.42. The molecule has 1 aromatic rings. The molecule has 18 heavy (non-hydrogen) atoms. The van der Waals surface area contributed by atoms with Gasteiger partial charge in [-0.3, -0.25) is 0 Å². The number of halogens is 1. The average Bonchev–Trinajstić information content (AvgIpc) is 2.35. The summed E-state index contributed by atoms with van der Waals surface area (Å²) in [6, 6.07) is 6.59. The van der Waals surface area contributed by atoms with Crippen LogP contribution in [-0.2, 0) is 4.74 Å². The topological polar surface area (TPSA) is 45.0 Å². The van der Waals surface area contributed by atoms with Crippen molar-refractivity contribution in [1.29, 1.82) is 5.26 Å². The van der Waals surface area contributed by atoms with E-state index in [9.17, 15) is 4.39 Å². The summed E-state index contributed by atoms with van der Waals surface area (Å²) in [5.41, 5.74) is 0.761. The minimum Gasteiger partial charge on any atom is -0.381 e. The van der Waals surface area contributed by atoms with E-state index >= 15 is 0 Å². The monoisotopic (exact) mass is 248 g/mol. The number of anilines is 1. The Bertz CT molecular complexity index is 493. The number of nitriles is 1. The molecule has 1 aliphatic carbocycles. The molecule has 1 saturated carbocycles. The van der Waals surface area contributed by atoms with Crippen molar-refractivity contribution in [1.82, 2.24) is 0 Å². The number of nitrogens with one attached hydrogen (secondary N) is 1. The van der Waals surface area contributed by atoms with Gasteiger partial charge < -0.3 is 10.1 Å². The molecule has 0 aromatic heterocycles. The predicted octanol–water partition coefficient (Wildman–Crippen LogP) is 2.92. The second-order valence-electron chi connectivity index (χ2n) is 5.28. The van der Waals surface area contributed by atoms with Crippen LogP contribution < -0.4 is 5.32 Å². The number of hydrogen-bond donors (Lipinski definition) is 1. The van der Waals surface area contributed by atoms with Gasteiger partial charge in [-0.05, 0) is 24.6 Å². The van der Waals surface area contributed by atoms with Crippen molar-refractivity contribution in [2.75, 3.05) is 12.4 Å². The van der Waals surface area contributed by atoms with Gasteiger partial charge in [0.05, 0.1) is 23.4 Å². The molecule has 1 aliphatic rings. The van der Waals surface area contributed by atoms with Crippen molar-refractivity contribution in [3.05, 3.63) is 29.6 Å². The van der Waals surface area contributed by atoms with Crippen LogP contribution in [-0.4, -0.2) is 19.3 Å². The molecule has 1 N–H and O–H groups in total. The minimum absolute atomic E-state index is 0.0188. The molecular weight excluding hydrogens is 231 g/mol. The zero-order valence-corrected chi connectivity index (χ0v) is 10.8. The number of ether oxygens (including phenoxy) is 1. The van der Waals surface area contributed by atoms with E-state index in [2.05, 4.69) is 19.2 Å². The summed E-state index contributed by atoms with van der Waals surface area (Å²) in [4.78, 5) is 0. The number of nitrogens with zero attached hydrogens (tertiary/aromatic N) is 1. The van der Waals surface area contributed by atoms with Gasteiger partial charge in [0.1, 0.15) is 5.82 Å². The molecule has 0 bridgehead atoms. The van der Waals surface area contributed by atoms with Crippen LogP contribution in [0.2, 0.25) is 0 Å². The fraction of sp³-hybridized carbons (Fsp3) is 0.500. The van der Waals surface area contributed by atoms with Gasteiger partial charge in [-0.25, -0.2) is 4.39 Å². The maximum atomic E-state index is 13.7. The van der Waals surface area contributed by atoms with Crippen LogP contribution in [0.25, 0.3) is 0 Å². The van der Waals surface area contributed by atoms with E-state index in [0.717, 1.165) is 6.42 Å². The van der Waals surface area contributed by atoms with E-state index in [-0.39, 0.29) is 23.4 Å². The lowest BCUT2D eigenvalue weighted by Gasteiger charge is -2.51. The third-order valence-corrected chi connectivity index (χ3v) is 3.89. The molecule has 4 heteroatoms. The summed E-state index contributed by atoms with van der Waals surface area (Å²) < 4.78 is 19.1. The molecule has 0 saturated heterocycles. The molecular formula is C14H17FN2O. The first-order chi connectivity index (χ1) is 8.48. The van der Waals surface area contributed by atoms with Crippen molar-refractivity contribution in [3.8, 4) is 6.07 Å². The SMILES string of the molecule is COC1CC(Nc2ccc(C#N)cc2F)C1(C)C. The summed E-state index contributed by atoms with van der Waals surface area (Å²) in [6.45, 7) is 4.20. The molecule has 0 spiro atoms. The third-order valence-electron chi connectivity index (χ3n) is 3.89. The molecule has 2 rings (SSSR count). The van der Waals surface area contributed by atoms with E-state index < -0.39 is 0 Å². The van der Waals surface area contributed by atoms with Gasteiger partial charge in [-0.2, -0.15) is 5.26 Å². The van der Waals surface area contributed by atoms with Gasteiger partial charge in [0.2, 0.25) is 0 Å². The molecule has 0 amide bonds. The Labute approximate surface area is 107 Å². The van der Waals surface area contributed by atoms with E-state index in [4.69, 9.17) is 10.00 Å². The quantitative estimate of drug-likeness (QED) is 0.894.